The van der Waals surface area contributed by atoms with E-state index in [1.165, 1.54) is 24.3 Å². The van der Waals surface area contributed by atoms with Gasteiger partial charge >= 0.3 is 18.1 Å². The number of hydrogen-bond acceptors (Lipinski definition) is 3. The summed E-state index contributed by atoms with van der Waals surface area (Å²) in [5.41, 5.74) is 0.415. The van der Waals surface area contributed by atoms with Crippen LogP contribution in [-0.2, 0) is 4.74 Å². The Morgan fingerprint density at radius 2 is 1.58 bits per heavy atom. The molecule has 0 saturated carbocycles. The number of ether oxygens (including phenoxy) is 1. The number of para-hydroxylation sites is 1. The molecule has 140 valence electrons. The van der Waals surface area contributed by atoms with Gasteiger partial charge in [0.25, 0.3) is 0 Å². The van der Waals surface area contributed by atoms with E-state index in [-0.39, 0.29) is 15.6 Å². The first kappa shape index (κ1) is 20.3. The van der Waals surface area contributed by atoms with Crippen LogP contribution in [0, 0.1) is 0 Å². The normalized spacial score (nSPS) is 12.0. The summed E-state index contributed by atoms with van der Waals surface area (Å²) in [6, 6.07) is 10.0. The quantitative estimate of drug-likeness (QED) is 0.475. The van der Waals surface area contributed by atoms with Crippen LogP contribution in [0.25, 0.3) is 0 Å². The van der Waals surface area contributed by atoms with Crippen LogP contribution in [0.4, 0.5) is 33.3 Å². The molecule has 2 rings (SSSR count). The summed E-state index contributed by atoms with van der Waals surface area (Å²) in [6.45, 7) is -2.11. The number of rotatable bonds is 5. The number of benzene rings is 2. The third-order valence-electron chi connectivity index (χ3n) is 3.13. The van der Waals surface area contributed by atoms with Crippen LogP contribution < -0.4 is 5.32 Å². The maximum atomic E-state index is 12.8. The predicted octanol–water partition coefficient (Wildman–Crippen LogP) is 6.09. The van der Waals surface area contributed by atoms with Crippen molar-refractivity contribution in [2.24, 2.45) is 0 Å². The van der Waals surface area contributed by atoms with E-state index in [1.807, 2.05) is 0 Å². The Hall–Kier alpha value is -2.06. The molecule has 0 aromatic heterocycles. The largest absolute Gasteiger partial charge is 0.456 e. The van der Waals surface area contributed by atoms with Crippen molar-refractivity contribution in [2.45, 2.75) is 12.1 Å². The Labute approximate surface area is 154 Å². The summed E-state index contributed by atoms with van der Waals surface area (Å²) in [6.07, 6.45) is -5.81. The minimum absolute atomic E-state index is 0.226. The van der Waals surface area contributed by atoms with Gasteiger partial charge in [0.2, 0.25) is 0 Å². The molecule has 0 aliphatic rings. The van der Waals surface area contributed by atoms with Crippen LogP contribution in [0.1, 0.15) is 10.4 Å². The highest BCUT2D eigenvalue weighted by Crippen LogP contribution is 2.36. The highest BCUT2D eigenvalue weighted by molar-refractivity contribution is 6.39. The Bertz CT molecular complexity index is 791. The summed E-state index contributed by atoms with van der Waals surface area (Å²) < 4.78 is 66.0. The van der Waals surface area contributed by atoms with E-state index in [9.17, 15) is 26.7 Å². The molecule has 10 heteroatoms. The number of alkyl halides is 5. The Kier molecular flexibility index (Phi) is 5.98. The van der Waals surface area contributed by atoms with Gasteiger partial charge in [-0.05, 0) is 30.3 Å². The molecule has 0 radical (unpaired) electrons. The van der Waals surface area contributed by atoms with Gasteiger partial charge in [0.05, 0.1) is 21.3 Å². The van der Waals surface area contributed by atoms with Gasteiger partial charge < -0.3 is 10.1 Å². The zero-order valence-electron chi connectivity index (χ0n) is 12.7. The van der Waals surface area contributed by atoms with E-state index >= 15 is 0 Å². The molecule has 0 amide bonds. The average molecular weight is 414 g/mol. The van der Waals surface area contributed by atoms with Crippen LogP contribution >= 0.6 is 23.2 Å². The Morgan fingerprint density at radius 1 is 1.00 bits per heavy atom. The van der Waals surface area contributed by atoms with Gasteiger partial charge in [0.15, 0.2) is 6.61 Å². The lowest BCUT2D eigenvalue weighted by atomic mass is 10.2. The molecule has 26 heavy (non-hydrogen) atoms. The zero-order valence-corrected chi connectivity index (χ0v) is 14.2. The van der Waals surface area contributed by atoms with Crippen LogP contribution in [0.3, 0.4) is 0 Å². The van der Waals surface area contributed by atoms with Crippen molar-refractivity contribution >= 4 is 40.5 Å². The monoisotopic (exact) mass is 413 g/mol. The molecule has 1 N–H and O–H groups in total. The summed E-state index contributed by atoms with van der Waals surface area (Å²) in [7, 11) is 0. The van der Waals surface area contributed by atoms with Gasteiger partial charge in [0.1, 0.15) is 0 Å². The van der Waals surface area contributed by atoms with E-state index in [1.54, 1.807) is 18.2 Å². The molecule has 0 fully saturated rings. The zero-order chi connectivity index (χ0) is 19.5. The molecule has 0 saturated heterocycles. The van der Waals surface area contributed by atoms with Crippen LogP contribution in [0.15, 0.2) is 42.5 Å². The standard InChI is InChI=1S/C16H10Cl2F5NO2/c17-11-5-2-6-12(18)13(11)24-10-4-1-3-9(7-10)14(25)26-8-15(19,20)16(21,22)23/h1-7,24H,8H2. The van der Waals surface area contributed by atoms with Gasteiger partial charge in [0, 0.05) is 5.69 Å². The molecule has 0 unspecified atom stereocenters. The molecule has 0 atom stereocenters. The van der Waals surface area contributed by atoms with E-state index in [0.717, 1.165) is 0 Å². The molecule has 0 heterocycles. The fourth-order valence-corrected chi connectivity index (χ4v) is 2.30. The van der Waals surface area contributed by atoms with Crippen molar-refractivity contribution in [1.29, 1.82) is 0 Å². The van der Waals surface area contributed by atoms with E-state index in [0.29, 0.717) is 11.4 Å². The second-order valence-corrected chi connectivity index (χ2v) is 5.90. The fraction of sp³-hybridized carbons (Fsp3) is 0.188. The van der Waals surface area contributed by atoms with Gasteiger partial charge in [-0.2, -0.15) is 22.0 Å². The summed E-state index contributed by atoms with van der Waals surface area (Å²) in [5, 5.41) is 3.41. The number of halogens is 7. The van der Waals surface area contributed by atoms with Crippen molar-refractivity contribution in [3.05, 3.63) is 58.1 Å². The first-order valence-electron chi connectivity index (χ1n) is 6.94. The van der Waals surface area contributed by atoms with Crippen molar-refractivity contribution in [3.8, 4) is 0 Å². The molecule has 2 aromatic rings. The lowest BCUT2D eigenvalue weighted by Gasteiger charge is -2.19. The number of anilines is 2. The SMILES string of the molecule is O=C(OCC(F)(F)C(F)(F)F)c1cccc(Nc2c(Cl)cccc2Cl)c1. The lowest BCUT2D eigenvalue weighted by Crippen LogP contribution is -2.41. The van der Waals surface area contributed by atoms with E-state index in [2.05, 4.69) is 10.1 Å². The van der Waals surface area contributed by atoms with Crippen LogP contribution in [0.2, 0.25) is 10.0 Å². The van der Waals surface area contributed by atoms with Crippen LogP contribution in [-0.4, -0.2) is 24.7 Å². The minimum Gasteiger partial charge on any atom is -0.455 e. The van der Waals surface area contributed by atoms with Gasteiger partial charge in [-0.1, -0.05) is 35.3 Å². The average Bonchev–Trinajstić information content (AvgIpc) is 2.55. The fourth-order valence-electron chi connectivity index (χ4n) is 1.81. The predicted molar refractivity (Wildman–Crippen MR) is 87.5 cm³/mol. The first-order chi connectivity index (χ1) is 12.0. The minimum atomic E-state index is -5.81. The second-order valence-electron chi connectivity index (χ2n) is 5.08. The number of hydrogen-bond donors (Lipinski definition) is 1. The van der Waals surface area contributed by atoms with Gasteiger partial charge in [-0.25, -0.2) is 4.79 Å². The van der Waals surface area contributed by atoms with Gasteiger partial charge in [-0.3, -0.25) is 0 Å². The molecule has 0 aliphatic heterocycles. The molecule has 0 spiro atoms. The highest BCUT2D eigenvalue weighted by atomic mass is 35.5. The lowest BCUT2D eigenvalue weighted by molar-refractivity contribution is -0.292. The van der Waals surface area contributed by atoms with Crippen molar-refractivity contribution in [2.75, 3.05) is 11.9 Å². The second kappa shape index (κ2) is 7.67. The highest BCUT2D eigenvalue weighted by Gasteiger charge is 2.58. The number of esters is 1. The first-order valence-corrected chi connectivity index (χ1v) is 7.69. The van der Waals surface area contributed by atoms with E-state index in [4.69, 9.17) is 23.2 Å². The molecular formula is C16H10Cl2F5NO2. The summed E-state index contributed by atoms with van der Waals surface area (Å²) in [5.74, 6) is -6.47. The van der Waals surface area contributed by atoms with Crippen molar-refractivity contribution in [3.63, 3.8) is 0 Å². The molecule has 2 aromatic carbocycles. The van der Waals surface area contributed by atoms with Crippen molar-refractivity contribution in [1.82, 2.24) is 0 Å². The van der Waals surface area contributed by atoms with Crippen LogP contribution in [0.5, 0.6) is 0 Å². The number of carbonyl (C=O) groups is 1. The topological polar surface area (TPSA) is 38.3 Å². The molecular weight excluding hydrogens is 404 g/mol. The molecule has 0 aliphatic carbocycles. The molecule has 3 nitrogen and oxygen atoms in total. The number of nitrogens with one attached hydrogen (secondary N) is 1. The smallest absolute Gasteiger partial charge is 0.455 e. The Balaban J connectivity index is 2.13. The third kappa shape index (κ3) is 4.76. The number of carbonyl (C=O) groups excluding carboxylic acids is 1. The van der Waals surface area contributed by atoms with Crippen molar-refractivity contribution < 1.29 is 31.5 Å². The maximum absolute atomic E-state index is 12.8. The van der Waals surface area contributed by atoms with Gasteiger partial charge in [-0.15, -0.1) is 0 Å². The maximum Gasteiger partial charge on any atom is 0.456 e. The van der Waals surface area contributed by atoms with E-state index < -0.39 is 24.7 Å². The molecule has 0 bridgehead atoms. The Morgan fingerprint density at radius 3 is 2.15 bits per heavy atom. The summed E-state index contributed by atoms with van der Waals surface area (Å²) in [4.78, 5) is 11.8. The summed E-state index contributed by atoms with van der Waals surface area (Å²) >= 11 is 12.0. The third-order valence-corrected chi connectivity index (χ3v) is 3.76.